The number of hydrogen-bond donors (Lipinski definition) is 2. The number of hydrogen-bond acceptors (Lipinski definition) is 4. The summed E-state index contributed by atoms with van der Waals surface area (Å²) < 4.78 is 0. The van der Waals surface area contributed by atoms with Crippen LogP contribution in [0, 0.1) is 5.92 Å². The van der Waals surface area contributed by atoms with Crippen LogP contribution in [0.1, 0.15) is 19.8 Å². The summed E-state index contributed by atoms with van der Waals surface area (Å²) in [6.45, 7) is 2.69. The third-order valence-electron chi connectivity index (χ3n) is 1.78. The third-order valence-corrected chi connectivity index (χ3v) is 3.12. The SMILES string of the molecule is CC(CS)C(S)CCCN=C=O. The molecule has 12 heavy (non-hydrogen) atoms. The lowest BCUT2D eigenvalue weighted by molar-refractivity contribution is 0.554. The summed E-state index contributed by atoms with van der Waals surface area (Å²) in [7, 11) is 0. The van der Waals surface area contributed by atoms with Crippen molar-refractivity contribution in [1.82, 2.24) is 0 Å². The molecule has 0 spiro atoms. The Kier molecular flexibility index (Phi) is 7.77. The fraction of sp³-hybridized carbons (Fsp3) is 0.875. The number of thiol groups is 2. The smallest absolute Gasteiger partial charge is 0.211 e. The molecule has 0 rings (SSSR count). The maximum atomic E-state index is 9.72. The monoisotopic (exact) mass is 205 g/mol. The Morgan fingerprint density at radius 3 is 2.75 bits per heavy atom. The van der Waals surface area contributed by atoms with E-state index in [-0.39, 0.29) is 0 Å². The van der Waals surface area contributed by atoms with Gasteiger partial charge < -0.3 is 0 Å². The average molecular weight is 205 g/mol. The predicted octanol–water partition coefficient (Wildman–Crippen LogP) is 1.97. The predicted molar refractivity (Wildman–Crippen MR) is 58.0 cm³/mol. The maximum Gasteiger partial charge on any atom is 0.234 e. The minimum absolute atomic E-state index is 0.365. The van der Waals surface area contributed by atoms with Crippen LogP contribution in [0.25, 0.3) is 0 Å². The average Bonchev–Trinajstić information content (AvgIpc) is 2.10. The molecule has 0 radical (unpaired) electrons. The van der Waals surface area contributed by atoms with E-state index >= 15 is 0 Å². The van der Waals surface area contributed by atoms with Gasteiger partial charge in [-0.15, -0.1) is 0 Å². The molecule has 2 unspecified atom stereocenters. The lowest BCUT2D eigenvalue weighted by Crippen LogP contribution is -2.13. The summed E-state index contributed by atoms with van der Waals surface area (Å²) in [6.07, 6.45) is 3.41. The number of carbonyl (C=O) groups excluding carboxylic acids is 1. The summed E-state index contributed by atoms with van der Waals surface area (Å²) in [4.78, 5) is 13.2. The van der Waals surface area contributed by atoms with E-state index in [9.17, 15) is 4.79 Å². The van der Waals surface area contributed by atoms with Crippen molar-refractivity contribution in [3.05, 3.63) is 0 Å². The maximum absolute atomic E-state index is 9.72. The van der Waals surface area contributed by atoms with Crippen molar-refractivity contribution in [2.75, 3.05) is 12.3 Å². The fourth-order valence-electron chi connectivity index (χ4n) is 0.831. The van der Waals surface area contributed by atoms with Crippen LogP contribution in [0.2, 0.25) is 0 Å². The molecule has 0 saturated heterocycles. The largest absolute Gasteiger partial charge is 0.234 e. The number of rotatable bonds is 6. The molecule has 2 atom stereocenters. The normalized spacial score (nSPS) is 14.9. The lowest BCUT2D eigenvalue weighted by Gasteiger charge is -2.15. The van der Waals surface area contributed by atoms with Gasteiger partial charge in [-0.25, -0.2) is 9.79 Å². The van der Waals surface area contributed by atoms with E-state index in [0.717, 1.165) is 18.6 Å². The molecule has 0 aliphatic carbocycles. The highest BCUT2D eigenvalue weighted by Gasteiger charge is 2.10. The highest BCUT2D eigenvalue weighted by molar-refractivity contribution is 7.81. The molecular formula is C8H15NOS2. The van der Waals surface area contributed by atoms with Gasteiger partial charge in [-0.1, -0.05) is 6.92 Å². The standard InChI is InChI=1S/C8H15NOS2/c1-7(5-11)8(12)3-2-4-9-6-10/h7-8,11-12H,2-5H2,1H3. The van der Waals surface area contributed by atoms with Gasteiger partial charge in [-0.2, -0.15) is 25.3 Å². The summed E-state index contributed by atoms with van der Waals surface area (Å²) in [5.41, 5.74) is 0. The van der Waals surface area contributed by atoms with Crippen molar-refractivity contribution in [3.8, 4) is 0 Å². The van der Waals surface area contributed by atoms with Crippen molar-refractivity contribution in [1.29, 1.82) is 0 Å². The van der Waals surface area contributed by atoms with Crippen LogP contribution >= 0.6 is 25.3 Å². The van der Waals surface area contributed by atoms with Gasteiger partial charge in [-0.05, 0) is 24.5 Å². The highest BCUT2D eigenvalue weighted by Crippen LogP contribution is 2.16. The quantitative estimate of drug-likeness (QED) is 0.295. The molecule has 0 saturated carbocycles. The zero-order chi connectivity index (χ0) is 9.40. The fourth-order valence-corrected chi connectivity index (χ4v) is 1.54. The number of aliphatic imine (C=N–C) groups is 1. The molecule has 0 bridgehead atoms. The first-order valence-electron chi connectivity index (χ1n) is 4.05. The highest BCUT2D eigenvalue weighted by atomic mass is 32.1. The summed E-state index contributed by atoms with van der Waals surface area (Å²) in [5, 5.41) is 0.365. The van der Waals surface area contributed by atoms with Crippen LogP contribution in [0.4, 0.5) is 0 Å². The Morgan fingerprint density at radius 2 is 2.25 bits per heavy atom. The lowest BCUT2D eigenvalue weighted by atomic mass is 10.1. The first kappa shape index (κ1) is 12.1. The van der Waals surface area contributed by atoms with E-state index < -0.39 is 0 Å². The molecule has 0 aromatic rings. The molecule has 0 aliphatic heterocycles. The molecule has 0 amide bonds. The van der Waals surface area contributed by atoms with Crippen molar-refractivity contribution >= 4 is 31.3 Å². The number of nitrogens with zero attached hydrogens (tertiary/aromatic N) is 1. The molecule has 0 aliphatic rings. The van der Waals surface area contributed by atoms with E-state index in [1.807, 2.05) is 0 Å². The van der Waals surface area contributed by atoms with Crippen molar-refractivity contribution in [2.24, 2.45) is 10.9 Å². The second-order valence-electron chi connectivity index (χ2n) is 2.84. The van der Waals surface area contributed by atoms with E-state index in [1.54, 1.807) is 0 Å². The zero-order valence-corrected chi connectivity index (χ0v) is 9.02. The summed E-state index contributed by atoms with van der Waals surface area (Å²) in [5.74, 6) is 1.36. The third kappa shape index (κ3) is 5.70. The first-order chi connectivity index (χ1) is 5.72. The van der Waals surface area contributed by atoms with Crippen molar-refractivity contribution < 1.29 is 4.79 Å². The van der Waals surface area contributed by atoms with Crippen LogP contribution in [0.15, 0.2) is 4.99 Å². The van der Waals surface area contributed by atoms with Crippen LogP contribution in [0.5, 0.6) is 0 Å². The molecule has 4 heteroatoms. The minimum Gasteiger partial charge on any atom is -0.211 e. The van der Waals surface area contributed by atoms with Gasteiger partial charge in [0.05, 0.1) is 6.54 Å². The molecule has 2 nitrogen and oxygen atoms in total. The number of isocyanates is 1. The Morgan fingerprint density at radius 1 is 1.58 bits per heavy atom. The van der Waals surface area contributed by atoms with Crippen molar-refractivity contribution in [3.63, 3.8) is 0 Å². The summed E-state index contributed by atoms with van der Waals surface area (Å²) in [6, 6.07) is 0. The van der Waals surface area contributed by atoms with Gasteiger partial charge in [0.25, 0.3) is 0 Å². The van der Waals surface area contributed by atoms with Gasteiger partial charge in [-0.3, -0.25) is 0 Å². The molecule has 0 fully saturated rings. The molecule has 70 valence electrons. The zero-order valence-electron chi connectivity index (χ0n) is 7.23. The molecular weight excluding hydrogens is 190 g/mol. The molecule has 0 heterocycles. The van der Waals surface area contributed by atoms with Gasteiger partial charge in [0.2, 0.25) is 6.08 Å². The summed E-state index contributed by atoms with van der Waals surface area (Å²) >= 11 is 8.60. The molecule has 0 aromatic carbocycles. The van der Waals surface area contributed by atoms with Gasteiger partial charge in [0.15, 0.2) is 0 Å². The van der Waals surface area contributed by atoms with Gasteiger partial charge >= 0.3 is 0 Å². The molecule has 0 aromatic heterocycles. The minimum atomic E-state index is 0.365. The Hall–Kier alpha value is 0.0800. The molecule has 0 N–H and O–H groups in total. The van der Waals surface area contributed by atoms with E-state index in [1.165, 1.54) is 6.08 Å². The van der Waals surface area contributed by atoms with Crippen LogP contribution < -0.4 is 0 Å². The van der Waals surface area contributed by atoms with E-state index in [0.29, 0.717) is 17.7 Å². The van der Waals surface area contributed by atoms with Crippen LogP contribution in [-0.2, 0) is 4.79 Å². The van der Waals surface area contributed by atoms with Crippen LogP contribution in [-0.4, -0.2) is 23.6 Å². The van der Waals surface area contributed by atoms with Crippen LogP contribution in [0.3, 0.4) is 0 Å². The topological polar surface area (TPSA) is 29.4 Å². The Labute approximate surface area is 84.7 Å². The Bertz CT molecular complexity index is 157. The van der Waals surface area contributed by atoms with E-state index in [2.05, 4.69) is 37.2 Å². The van der Waals surface area contributed by atoms with E-state index in [4.69, 9.17) is 0 Å². The second kappa shape index (κ2) is 7.71. The Balaban J connectivity index is 3.42. The van der Waals surface area contributed by atoms with Gasteiger partial charge in [0.1, 0.15) is 0 Å². The second-order valence-corrected chi connectivity index (χ2v) is 3.87. The first-order valence-corrected chi connectivity index (χ1v) is 5.19. The van der Waals surface area contributed by atoms with Gasteiger partial charge in [0, 0.05) is 5.25 Å². The van der Waals surface area contributed by atoms with Crippen molar-refractivity contribution in [2.45, 2.75) is 25.0 Å².